The average Bonchev–Trinajstić information content (AvgIpc) is 3.06. The molecule has 0 fully saturated rings. The molecule has 0 aliphatic rings. The van der Waals surface area contributed by atoms with E-state index in [2.05, 4.69) is 10.1 Å². The Labute approximate surface area is 286 Å². The maximum Gasteiger partial charge on any atom is 0.253 e. The van der Waals surface area contributed by atoms with Gasteiger partial charge in [-0.25, -0.2) is 22.2 Å². The van der Waals surface area contributed by atoms with Gasteiger partial charge in [0.05, 0.1) is 17.0 Å². The maximum atomic E-state index is 14.2. The Morgan fingerprint density at radius 2 is 1.37 bits per heavy atom. The third-order valence-electron chi connectivity index (χ3n) is 7.62. The van der Waals surface area contributed by atoms with Crippen molar-refractivity contribution in [2.75, 3.05) is 40.3 Å². The maximum absolute atomic E-state index is 14.2. The molecule has 3 N–H and O–H groups in total. The molecule has 0 saturated carbocycles. The third-order valence-corrected chi connectivity index (χ3v) is 9.01. The number of nitrogens with one attached hydrogen (secondary N) is 2. The first kappa shape index (κ1) is 39.2. The summed E-state index contributed by atoms with van der Waals surface area (Å²) in [4.78, 5) is 45.8. The van der Waals surface area contributed by atoms with E-state index in [1.54, 1.807) is 30.0 Å². The molecule has 2 unspecified atom stereocenters. The number of nitrogens with zero attached hydrogens (tertiary/aromatic N) is 3. The van der Waals surface area contributed by atoms with E-state index in [9.17, 15) is 36.7 Å². The SMILES string of the molecule is CCCN(CCC)C(=O)c1cc(C(=O)NC(Cc2cc(F)cc(F)c2)C(O)CN(CC)NS(=O)(=O)c2ccccc2)cc(C(=O)N(C)C)c1. The smallest absolute Gasteiger partial charge is 0.253 e. The van der Waals surface area contributed by atoms with E-state index in [-0.39, 0.29) is 52.6 Å². The highest BCUT2D eigenvalue weighted by Crippen LogP contribution is 2.18. The molecule has 0 saturated heterocycles. The summed E-state index contributed by atoms with van der Waals surface area (Å²) in [5.41, 5.74) is 0.280. The highest BCUT2D eigenvalue weighted by atomic mass is 32.2. The predicted octanol–water partition coefficient (Wildman–Crippen LogP) is 3.85. The zero-order chi connectivity index (χ0) is 36.3. The van der Waals surface area contributed by atoms with Crippen LogP contribution in [0.5, 0.6) is 0 Å². The van der Waals surface area contributed by atoms with Crippen molar-refractivity contribution in [3.05, 3.63) is 101 Å². The van der Waals surface area contributed by atoms with Gasteiger partial charge in [0.2, 0.25) is 0 Å². The largest absolute Gasteiger partial charge is 0.390 e. The molecule has 266 valence electrons. The standard InChI is InChI=1S/C35H45F2N5O6S/c1-6-14-41(15-7-2)35(46)27-20-25(19-26(21-27)34(45)40(4)5)33(44)38-31(18-24-16-28(36)22-29(37)17-24)32(43)23-42(8-3)39-49(47,48)30-12-10-9-11-13-30/h9-13,16-17,19-22,31-32,39,43H,6-8,14-15,18,23H2,1-5H3,(H,38,44). The van der Waals surface area contributed by atoms with Crippen LogP contribution in [0.2, 0.25) is 0 Å². The lowest BCUT2D eigenvalue weighted by Crippen LogP contribution is -2.53. The van der Waals surface area contributed by atoms with Crippen molar-refractivity contribution >= 4 is 27.7 Å². The Morgan fingerprint density at radius 3 is 1.90 bits per heavy atom. The monoisotopic (exact) mass is 701 g/mol. The van der Waals surface area contributed by atoms with Crippen LogP contribution in [0.25, 0.3) is 0 Å². The molecule has 0 aliphatic heterocycles. The highest BCUT2D eigenvalue weighted by molar-refractivity contribution is 7.89. The summed E-state index contributed by atoms with van der Waals surface area (Å²) >= 11 is 0. The minimum atomic E-state index is -4.02. The van der Waals surface area contributed by atoms with E-state index in [1.165, 1.54) is 54.3 Å². The van der Waals surface area contributed by atoms with Gasteiger partial charge in [0.1, 0.15) is 11.6 Å². The quantitative estimate of drug-likeness (QED) is 0.182. The number of benzene rings is 3. The summed E-state index contributed by atoms with van der Waals surface area (Å²) in [6.07, 6.45) is -0.309. The van der Waals surface area contributed by atoms with E-state index in [1.807, 2.05) is 13.8 Å². The van der Waals surface area contributed by atoms with Crippen LogP contribution in [-0.2, 0) is 16.4 Å². The second kappa shape index (κ2) is 18.0. The fourth-order valence-electron chi connectivity index (χ4n) is 5.23. The van der Waals surface area contributed by atoms with Crippen molar-refractivity contribution in [2.24, 2.45) is 0 Å². The summed E-state index contributed by atoms with van der Waals surface area (Å²) in [5, 5.41) is 15.4. The van der Waals surface area contributed by atoms with Crippen molar-refractivity contribution < 1.29 is 36.7 Å². The Balaban J connectivity index is 1.99. The normalized spacial score (nSPS) is 12.8. The van der Waals surface area contributed by atoms with Gasteiger partial charge < -0.3 is 20.2 Å². The number of hydrogen-bond acceptors (Lipinski definition) is 7. The van der Waals surface area contributed by atoms with Crippen molar-refractivity contribution in [3.63, 3.8) is 0 Å². The summed E-state index contributed by atoms with van der Waals surface area (Å²) < 4.78 is 54.3. The van der Waals surface area contributed by atoms with Crippen LogP contribution < -0.4 is 10.1 Å². The molecule has 0 aliphatic carbocycles. The van der Waals surface area contributed by atoms with Gasteiger partial charge in [0.15, 0.2) is 0 Å². The van der Waals surface area contributed by atoms with E-state index in [4.69, 9.17) is 0 Å². The molecule has 11 nitrogen and oxygen atoms in total. The van der Waals surface area contributed by atoms with E-state index >= 15 is 0 Å². The number of carbonyl (C=O) groups is 3. The van der Waals surface area contributed by atoms with Crippen molar-refractivity contribution in [1.29, 1.82) is 0 Å². The first-order valence-electron chi connectivity index (χ1n) is 16.1. The van der Waals surface area contributed by atoms with Crippen LogP contribution in [0.4, 0.5) is 8.78 Å². The Hall–Kier alpha value is -4.24. The number of halogens is 2. The number of carbonyl (C=O) groups excluding carboxylic acids is 3. The first-order valence-corrected chi connectivity index (χ1v) is 17.6. The van der Waals surface area contributed by atoms with Crippen molar-refractivity contribution in [3.8, 4) is 0 Å². The number of amides is 3. The fourth-order valence-corrected chi connectivity index (χ4v) is 6.39. The van der Waals surface area contributed by atoms with Crippen molar-refractivity contribution in [1.82, 2.24) is 25.0 Å². The number of rotatable bonds is 17. The number of sulfonamides is 1. The van der Waals surface area contributed by atoms with Gasteiger partial charge in [0.25, 0.3) is 27.7 Å². The zero-order valence-corrected chi connectivity index (χ0v) is 29.3. The van der Waals surface area contributed by atoms with Crippen LogP contribution in [0.3, 0.4) is 0 Å². The van der Waals surface area contributed by atoms with E-state index in [0.717, 1.165) is 12.1 Å². The van der Waals surface area contributed by atoms with Gasteiger partial charge in [-0.05, 0) is 67.3 Å². The zero-order valence-electron chi connectivity index (χ0n) is 28.4. The van der Waals surface area contributed by atoms with Gasteiger partial charge >= 0.3 is 0 Å². The Kier molecular flexibility index (Phi) is 14.4. The molecule has 3 aromatic rings. The first-order chi connectivity index (χ1) is 23.2. The Morgan fingerprint density at radius 1 is 0.816 bits per heavy atom. The summed E-state index contributed by atoms with van der Waals surface area (Å²) in [6.45, 7) is 6.26. The number of likely N-dealkylation sites (N-methyl/N-ethyl adjacent to an activating group) is 1. The van der Waals surface area contributed by atoms with Gasteiger partial charge in [-0.1, -0.05) is 39.0 Å². The predicted molar refractivity (Wildman–Crippen MR) is 182 cm³/mol. The number of hydrogen-bond donors (Lipinski definition) is 3. The summed E-state index contributed by atoms with van der Waals surface area (Å²) in [5.74, 6) is -3.29. The second-order valence-corrected chi connectivity index (χ2v) is 13.5. The number of hydrazine groups is 1. The van der Waals surface area contributed by atoms with Crippen LogP contribution >= 0.6 is 0 Å². The lowest BCUT2D eigenvalue weighted by atomic mass is 9.99. The number of aliphatic hydroxyl groups excluding tert-OH is 1. The third kappa shape index (κ3) is 11.1. The molecule has 14 heteroatoms. The lowest BCUT2D eigenvalue weighted by Gasteiger charge is -2.30. The molecule has 0 radical (unpaired) electrons. The minimum absolute atomic E-state index is 0.00280. The molecule has 0 bridgehead atoms. The van der Waals surface area contributed by atoms with Crippen LogP contribution in [0.15, 0.2) is 71.6 Å². The minimum Gasteiger partial charge on any atom is -0.390 e. The van der Waals surface area contributed by atoms with Gasteiger partial charge in [-0.3, -0.25) is 14.4 Å². The average molecular weight is 702 g/mol. The van der Waals surface area contributed by atoms with Crippen molar-refractivity contribution in [2.45, 2.75) is 57.1 Å². The number of aliphatic hydroxyl groups is 1. The lowest BCUT2D eigenvalue weighted by molar-refractivity contribution is 0.0634. The molecule has 3 amide bonds. The van der Waals surface area contributed by atoms with Gasteiger partial charge in [-0.15, -0.1) is 4.83 Å². The molecule has 3 aromatic carbocycles. The molecule has 49 heavy (non-hydrogen) atoms. The van der Waals surface area contributed by atoms with Crippen LogP contribution in [0, 0.1) is 11.6 Å². The highest BCUT2D eigenvalue weighted by Gasteiger charge is 2.28. The van der Waals surface area contributed by atoms with Crippen LogP contribution in [-0.4, -0.2) is 98.5 Å². The molecular weight excluding hydrogens is 656 g/mol. The molecular formula is C35H45F2N5O6S. The van der Waals surface area contributed by atoms with E-state index in [0.29, 0.717) is 32.0 Å². The van der Waals surface area contributed by atoms with Gasteiger partial charge in [-0.2, -0.15) is 0 Å². The molecule has 0 heterocycles. The summed E-state index contributed by atoms with van der Waals surface area (Å²) in [6, 6.07) is 13.4. The molecule has 3 rings (SSSR count). The molecule has 0 aromatic heterocycles. The van der Waals surface area contributed by atoms with Crippen LogP contribution in [0.1, 0.15) is 70.3 Å². The second-order valence-electron chi connectivity index (χ2n) is 11.9. The Bertz CT molecular complexity index is 1680. The van der Waals surface area contributed by atoms with Gasteiger partial charge in [0, 0.05) is 63.0 Å². The molecule has 0 spiro atoms. The summed E-state index contributed by atoms with van der Waals surface area (Å²) in [7, 11) is -0.952. The topological polar surface area (TPSA) is 139 Å². The van der Waals surface area contributed by atoms with E-state index < -0.39 is 45.6 Å². The molecule has 2 atom stereocenters. The fraction of sp³-hybridized carbons (Fsp3) is 0.400.